The van der Waals surface area contributed by atoms with Gasteiger partial charge in [0, 0.05) is 0 Å². The molecule has 0 radical (unpaired) electrons. The molecule has 0 bridgehead atoms. The SMILES string of the molecule is O=C(OC[C@H]1O[C@@H](OCc2ccccc2)[C@H](N=C=S)[C@@H](OC(=O)c2ccccc2)[C@@H]1OC(=O)c1ccccc1)c1ccccc1. The Kier molecular flexibility index (Phi) is 10.9. The summed E-state index contributed by atoms with van der Waals surface area (Å²) < 4.78 is 30.0. The first-order chi connectivity index (χ1) is 22.0. The number of thiocarbonyl (C=S) groups is 1. The van der Waals surface area contributed by atoms with Crippen LogP contribution in [0.1, 0.15) is 36.6 Å². The number of hydrogen-bond acceptors (Lipinski definition) is 10. The first-order valence-electron chi connectivity index (χ1n) is 14.2. The number of isothiocyanates is 1. The highest BCUT2D eigenvalue weighted by atomic mass is 32.1. The second-order valence-corrected chi connectivity index (χ2v) is 10.2. The average molecular weight is 624 g/mol. The molecule has 1 saturated heterocycles. The topological polar surface area (TPSA) is 110 Å². The third-order valence-corrected chi connectivity index (χ3v) is 7.07. The highest BCUT2D eigenvalue weighted by molar-refractivity contribution is 7.78. The van der Waals surface area contributed by atoms with Gasteiger partial charge in [-0.3, -0.25) is 0 Å². The van der Waals surface area contributed by atoms with Crippen LogP contribution >= 0.6 is 12.2 Å². The van der Waals surface area contributed by atoms with Gasteiger partial charge in [0.05, 0.1) is 28.5 Å². The zero-order valence-electron chi connectivity index (χ0n) is 24.0. The van der Waals surface area contributed by atoms with Crippen molar-refractivity contribution in [3.8, 4) is 0 Å². The molecule has 0 aromatic heterocycles. The van der Waals surface area contributed by atoms with Crippen molar-refractivity contribution in [2.24, 2.45) is 4.99 Å². The quantitative estimate of drug-likeness (QED) is 0.0899. The Labute approximate surface area is 265 Å². The van der Waals surface area contributed by atoms with Crippen molar-refractivity contribution in [2.75, 3.05) is 6.61 Å². The highest BCUT2D eigenvalue weighted by Gasteiger charge is 2.52. The molecule has 0 saturated carbocycles. The van der Waals surface area contributed by atoms with Crippen LogP contribution < -0.4 is 0 Å². The van der Waals surface area contributed by atoms with E-state index in [4.69, 9.17) is 35.9 Å². The Bertz CT molecular complexity index is 1620. The third kappa shape index (κ3) is 8.35. The van der Waals surface area contributed by atoms with Crippen LogP contribution in [0.25, 0.3) is 0 Å². The van der Waals surface area contributed by atoms with Crippen molar-refractivity contribution in [3.05, 3.63) is 144 Å². The maximum Gasteiger partial charge on any atom is 0.338 e. The number of aliphatic imine (C=N–C) groups is 1. The summed E-state index contributed by atoms with van der Waals surface area (Å²) in [6, 6.07) is 33.3. The van der Waals surface area contributed by atoms with E-state index >= 15 is 0 Å². The zero-order chi connectivity index (χ0) is 31.4. The smallest absolute Gasteiger partial charge is 0.338 e. The number of carbonyl (C=O) groups excluding carboxylic acids is 3. The summed E-state index contributed by atoms with van der Waals surface area (Å²) in [6.45, 7) is -0.252. The van der Waals surface area contributed by atoms with E-state index in [1.807, 2.05) is 30.3 Å². The van der Waals surface area contributed by atoms with Gasteiger partial charge in [0.15, 0.2) is 24.5 Å². The fraction of sp³-hybridized carbons (Fsp3) is 0.200. The van der Waals surface area contributed by atoms with Crippen LogP contribution in [-0.2, 0) is 30.3 Å². The van der Waals surface area contributed by atoms with E-state index in [-0.39, 0.29) is 24.3 Å². The summed E-state index contributed by atoms with van der Waals surface area (Å²) in [6.07, 6.45) is -4.84. The molecule has 9 nitrogen and oxygen atoms in total. The van der Waals surface area contributed by atoms with Crippen LogP contribution in [0.5, 0.6) is 0 Å². The van der Waals surface area contributed by atoms with Crippen molar-refractivity contribution >= 4 is 35.3 Å². The van der Waals surface area contributed by atoms with Gasteiger partial charge in [-0.15, -0.1) is 0 Å². The van der Waals surface area contributed by atoms with Gasteiger partial charge < -0.3 is 23.7 Å². The Morgan fingerprint density at radius 1 is 0.667 bits per heavy atom. The second-order valence-electron chi connectivity index (χ2n) is 9.99. The molecule has 228 valence electrons. The van der Waals surface area contributed by atoms with E-state index in [1.54, 1.807) is 91.0 Å². The van der Waals surface area contributed by atoms with E-state index in [9.17, 15) is 14.4 Å². The second kappa shape index (κ2) is 15.7. The van der Waals surface area contributed by atoms with Crippen LogP contribution in [0.15, 0.2) is 126 Å². The fourth-order valence-corrected chi connectivity index (χ4v) is 4.86. The maximum atomic E-state index is 13.4. The zero-order valence-corrected chi connectivity index (χ0v) is 24.8. The van der Waals surface area contributed by atoms with Gasteiger partial charge in [-0.25, -0.2) is 19.4 Å². The molecule has 10 heteroatoms. The molecule has 1 aliphatic heterocycles. The summed E-state index contributed by atoms with van der Waals surface area (Å²) in [4.78, 5) is 43.9. The molecule has 0 spiro atoms. The molecule has 0 aliphatic carbocycles. The number of nitrogens with zero attached hydrogens (tertiary/aromatic N) is 1. The van der Waals surface area contributed by atoms with Gasteiger partial charge >= 0.3 is 17.9 Å². The molecule has 4 aromatic rings. The lowest BCUT2D eigenvalue weighted by Crippen LogP contribution is -2.61. The fourth-order valence-electron chi connectivity index (χ4n) is 4.74. The minimum Gasteiger partial charge on any atom is -0.459 e. The average Bonchev–Trinajstić information content (AvgIpc) is 3.10. The van der Waals surface area contributed by atoms with E-state index in [1.165, 1.54) is 0 Å². The van der Waals surface area contributed by atoms with Gasteiger partial charge in [-0.2, -0.15) is 0 Å². The molecule has 5 atom stereocenters. The van der Waals surface area contributed by atoms with Crippen molar-refractivity contribution in [1.82, 2.24) is 0 Å². The lowest BCUT2D eigenvalue weighted by molar-refractivity contribution is -0.267. The van der Waals surface area contributed by atoms with E-state index in [0.717, 1.165) is 5.56 Å². The monoisotopic (exact) mass is 623 g/mol. The largest absolute Gasteiger partial charge is 0.459 e. The lowest BCUT2D eigenvalue weighted by Gasteiger charge is -2.43. The summed E-state index contributed by atoms with van der Waals surface area (Å²) in [5.74, 6) is -2.03. The Hall–Kier alpha value is -4.99. The molecular weight excluding hydrogens is 594 g/mol. The standard InChI is InChI=1S/C35H29NO8S/c37-32(25-15-7-2-8-16-25)40-22-28-30(43-33(38)26-17-9-3-10-18-26)31(44-34(39)27-19-11-4-12-20-27)29(36-23-45)35(42-28)41-21-24-13-5-1-6-14-24/h1-20,28-31,35H,21-22H2/t28-,29-,30-,31-,35-/m1/s1. The van der Waals surface area contributed by atoms with Gasteiger partial charge in [0.25, 0.3) is 0 Å². The Morgan fingerprint density at radius 3 is 1.64 bits per heavy atom. The first kappa shape index (κ1) is 31.4. The van der Waals surface area contributed by atoms with E-state index in [0.29, 0.717) is 5.56 Å². The Morgan fingerprint density at radius 2 is 1.13 bits per heavy atom. The molecule has 0 unspecified atom stereocenters. The third-order valence-electron chi connectivity index (χ3n) is 6.97. The van der Waals surface area contributed by atoms with Gasteiger partial charge in [-0.1, -0.05) is 84.9 Å². The molecule has 0 N–H and O–H groups in total. The number of ether oxygens (including phenoxy) is 5. The molecule has 1 fully saturated rings. The highest BCUT2D eigenvalue weighted by Crippen LogP contribution is 2.31. The van der Waals surface area contributed by atoms with Crippen molar-refractivity contribution in [1.29, 1.82) is 0 Å². The normalized spacial score (nSPS) is 20.7. The number of rotatable bonds is 11. The molecular formula is C35H29NO8S. The summed E-state index contributed by atoms with van der Waals surface area (Å²) in [5.41, 5.74) is 1.67. The van der Waals surface area contributed by atoms with Crippen molar-refractivity contribution in [2.45, 2.75) is 37.3 Å². The summed E-state index contributed by atoms with van der Waals surface area (Å²) in [7, 11) is 0. The van der Waals surface area contributed by atoms with Gasteiger partial charge in [0.1, 0.15) is 12.7 Å². The van der Waals surface area contributed by atoms with Gasteiger partial charge in [0.2, 0.25) is 0 Å². The van der Waals surface area contributed by atoms with Gasteiger partial charge in [-0.05, 0) is 54.2 Å². The molecule has 1 heterocycles. The van der Waals surface area contributed by atoms with Crippen LogP contribution in [0.4, 0.5) is 0 Å². The van der Waals surface area contributed by atoms with Crippen molar-refractivity contribution in [3.63, 3.8) is 0 Å². The predicted molar refractivity (Wildman–Crippen MR) is 167 cm³/mol. The maximum absolute atomic E-state index is 13.4. The number of hydrogen-bond donors (Lipinski definition) is 0. The van der Waals surface area contributed by atoms with Crippen LogP contribution in [0.3, 0.4) is 0 Å². The van der Waals surface area contributed by atoms with Crippen LogP contribution in [0.2, 0.25) is 0 Å². The molecule has 5 rings (SSSR count). The molecule has 1 aliphatic rings. The minimum absolute atomic E-state index is 0.110. The first-order valence-corrected chi connectivity index (χ1v) is 14.6. The molecule has 4 aromatic carbocycles. The Balaban J connectivity index is 1.49. The molecule has 45 heavy (non-hydrogen) atoms. The summed E-state index contributed by atoms with van der Waals surface area (Å²) >= 11 is 4.95. The van der Waals surface area contributed by atoms with Crippen molar-refractivity contribution < 1.29 is 38.1 Å². The minimum atomic E-state index is -1.29. The number of carbonyl (C=O) groups is 3. The van der Waals surface area contributed by atoms with E-state index in [2.05, 4.69) is 10.2 Å². The number of benzene rings is 4. The number of esters is 3. The van der Waals surface area contributed by atoms with E-state index < -0.39 is 48.6 Å². The summed E-state index contributed by atoms with van der Waals surface area (Å²) in [5, 5.41) is 2.33. The van der Waals surface area contributed by atoms with Crippen LogP contribution in [0, 0.1) is 0 Å². The lowest BCUT2D eigenvalue weighted by atomic mass is 9.96. The molecule has 0 amide bonds. The predicted octanol–water partition coefficient (Wildman–Crippen LogP) is 5.71. The van der Waals surface area contributed by atoms with Crippen LogP contribution in [-0.4, -0.2) is 60.3 Å².